The van der Waals surface area contributed by atoms with Gasteiger partial charge in [-0.05, 0) is 58.2 Å². The van der Waals surface area contributed by atoms with Crippen molar-refractivity contribution < 1.29 is 13.9 Å². The van der Waals surface area contributed by atoms with E-state index in [2.05, 4.69) is 40.7 Å². The van der Waals surface area contributed by atoms with Crippen LogP contribution in [0, 0.1) is 5.82 Å². The topological polar surface area (TPSA) is 79.0 Å². The first kappa shape index (κ1) is 24.4. The van der Waals surface area contributed by atoms with E-state index in [9.17, 15) is 9.18 Å². The molecule has 10 heteroatoms. The molecule has 0 radical (unpaired) electrons. The quantitative estimate of drug-likeness (QED) is 0.226. The molecule has 0 aliphatic carbocycles. The zero-order valence-electron chi connectivity index (χ0n) is 16.3. The van der Waals surface area contributed by atoms with Crippen molar-refractivity contribution in [2.45, 2.75) is 4.90 Å². The zero-order valence-corrected chi connectivity index (χ0v) is 19.5. The molecule has 0 unspecified atom stereocenters. The van der Waals surface area contributed by atoms with Crippen molar-refractivity contribution in [1.29, 1.82) is 0 Å². The number of amides is 1. The minimum Gasteiger partial charge on any atom is -0.388 e. The summed E-state index contributed by atoms with van der Waals surface area (Å²) in [6.45, 7) is 1.13. The van der Waals surface area contributed by atoms with Gasteiger partial charge < -0.3 is 15.0 Å². The van der Waals surface area contributed by atoms with Crippen LogP contribution >= 0.6 is 39.5 Å². The van der Waals surface area contributed by atoms with E-state index in [1.165, 1.54) is 18.0 Å². The number of H-pyrrole nitrogens is 1. The van der Waals surface area contributed by atoms with Gasteiger partial charge in [-0.15, -0.1) is 0 Å². The van der Waals surface area contributed by atoms with Gasteiger partial charge in [0, 0.05) is 43.3 Å². The largest absolute Gasteiger partial charge is 0.388 e. The standard InChI is InChI=1S/C18H15BrClFN4OS.C2H6O/c19-13-3-1-11(7-15(13)21)16-9-23-18(25-16)12-2-4-14(20)17(8-12)27-24-6-5-22-10-26;1-3-2/h1-4,7-10,24H,5-6H2,(H,22,26)(H,23,25);1-2H3. The Balaban J connectivity index is 0.00000101. The molecule has 160 valence electrons. The molecule has 0 aliphatic heterocycles. The van der Waals surface area contributed by atoms with Crippen LogP contribution in [-0.2, 0) is 9.53 Å². The molecule has 1 amide bonds. The SMILES string of the molecule is COC.O=CNCCNSc1cc(-c2ncc(-c3ccc(Br)c(F)c3)[nH]2)ccc1Cl. The van der Waals surface area contributed by atoms with Crippen LogP contribution in [0.25, 0.3) is 22.6 Å². The molecule has 0 bridgehead atoms. The Hall–Kier alpha value is -1.91. The van der Waals surface area contributed by atoms with Crippen molar-refractivity contribution in [1.82, 2.24) is 20.0 Å². The average Bonchev–Trinajstić information content (AvgIpc) is 3.22. The Bertz CT molecular complexity index is 974. The van der Waals surface area contributed by atoms with Crippen LogP contribution < -0.4 is 10.0 Å². The molecule has 0 fully saturated rings. The van der Waals surface area contributed by atoms with Gasteiger partial charge in [0.05, 0.1) is 21.4 Å². The van der Waals surface area contributed by atoms with Gasteiger partial charge in [0.1, 0.15) is 11.6 Å². The smallest absolute Gasteiger partial charge is 0.207 e. The number of rotatable bonds is 8. The maximum absolute atomic E-state index is 13.8. The number of hydrogen-bond donors (Lipinski definition) is 3. The van der Waals surface area contributed by atoms with Crippen LogP contribution in [0.3, 0.4) is 0 Å². The molecule has 3 rings (SSSR count). The predicted molar refractivity (Wildman–Crippen MR) is 123 cm³/mol. The molecule has 3 N–H and O–H groups in total. The van der Waals surface area contributed by atoms with Crippen LogP contribution in [0.2, 0.25) is 5.02 Å². The van der Waals surface area contributed by atoms with Crippen molar-refractivity contribution in [2.75, 3.05) is 27.3 Å². The third kappa shape index (κ3) is 7.10. The summed E-state index contributed by atoms with van der Waals surface area (Å²) in [4.78, 5) is 18.7. The van der Waals surface area contributed by atoms with Gasteiger partial charge in [0.2, 0.25) is 6.41 Å². The first-order chi connectivity index (χ1) is 14.5. The Morgan fingerprint density at radius 3 is 2.67 bits per heavy atom. The van der Waals surface area contributed by atoms with Crippen LogP contribution in [0.15, 0.2) is 52.0 Å². The summed E-state index contributed by atoms with van der Waals surface area (Å²) in [7, 11) is 3.25. The second-order valence-electron chi connectivity index (χ2n) is 5.90. The number of carbonyl (C=O) groups excluding carboxylic acids is 1. The highest BCUT2D eigenvalue weighted by atomic mass is 79.9. The van der Waals surface area contributed by atoms with Gasteiger partial charge in [-0.3, -0.25) is 9.52 Å². The molecule has 0 atom stereocenters. The van der Waals surface area contributed by atoms with E-state index >= 15 is 0 Å². The number of benzene rings is 2. The van der Waals surface area contributed by atoms with Crippen molar-refractivity contribution in [3.63, 3.8) is 0 Å². The van der Waals surface area contributed by atoms with Gasteiger partial charge >= 0.3 is 0 Å². The normalized spacial score (nSPS) is 10.3. The zero-order chi connectivity index (χ0) is 21.9. The summed E-state index contributed by atoms with van der Waals surface area (Å²) < 4.78 is 21.6. The lowest BCUT2D eigenvalue weighted by Crippen LogP contribution is -2.22. The number of aromatic amines is 1. The summed E-state index contributed by atoms with van der Waals surface area (Å²) >= 11 is 10.8. The lowest BCUT2D eigenvalue weighted by atomic mass is 10.2. The van der Waals surface area contributed by atoms with Crippen LogP contribution in [0.4, 0.5) is 4.39 Å². The van der Waals surface area contributed by atoms with Crippen molar-refractivity contribution in [3.8, 4) is 22.6 Å². The van der Waals surface area contributed by atoms with Crippen molar-refractivity contribution >= 4 is 45.9 Å². The maximum atomic E-state index is 13.8. The van der Waals surface area contributed by atoms with E-state index in [0.29, 0.717) is 40.4 Å². The minimum atomic E-state index is -0.330. The van der Waals surface area contributed by atoms with Gasteiger partial charge in [-0.2, -0.15) is 0 Å². The summed E-state index contributed by atoms with van der Waals surface area (Å²) in [6.07, 6.45) is 2.33. The Morgan fingerprint density at radius 1 is 1.23 bits per heavy atom. The number of halogens is 3. The number of hydrogen-bond acceptors (Lipinski definition) is 5. The summed E-state index contributed by atoms with van der Waals surface area (Å²) in [5.41, 5.74) is 2.29. The summed E-state index contributed by atoms with van der Waals surface area (Å²) in [5.74, 6) is 0.332. The number of methoxy groups -OCH3 is 1. The second kappa shape index (κ2) is 12.7. The van der Waals surface area contributed by atoms with E-state index in [0.717, 1.165) is 16.2 Å². The number of nitrogens with one attached hydrogen (secondary N) is 3. The molecule has 6 nitrogen and oxygen atoms in total. The Kier molecular flexibility index (Phi) is 10.3. The molecule has 0 spiro atoms. The average molecular weight is 516 g/mol. The molecular weight excluding hydrogens is 495 g/mol. The van der Waals surface area contributed by atoms with Gasteiger partial charge in [-0.1, -0.05) is 17.7 Å². The molecule has 0 aliphatic rings. The lowest BCUT2D eigenvalue weighted by molar-refractivity contribution is -0.109. The molecule has 3 aromatic rings. The van der Waals surface area contributed by atoms with Gasteiger partial charge in [0.25, 0.3) is 0 Å². The van der Waals surface area contributed by atoms with Crippen LogP contribution in [0.1, 0.15) is 0 Å². The maximum Gasteiger partial charge on any atom is 0.207 e. The molecule has 1 heterocycles. The van der Waals surface area contributed by atoms with E-state index in [-0.39, 0.29) is 5.82 Å². The molecule has 1 aromatic heterocycles. The van der Waals surface area contributed by atoms with E-state index in [4.69, 9.17) is 11.6 Å². The molecule has 30 heavy (non-hydrogen) atoms. The number of aromatic nitrogens is 2. The highest BCUT2D eigenvalue weighted by molar-refractivity contribution is 9.10. The predicted octanol–water partition coefficient (Wildman–Crippen LogP) is 4.90. The number of ether oxygens (including phenoxy) is 1. The monoisotopic (exact) mass is 514 g/mol. The fraction of sp³-hybridized carbons (Fsp3) is 0.200. The van der Waals surface area contributed by atoms with Crippen molar-refractivity contribution in [2.24, 2.45) is 0 Å². The van der Waals surface area contributed by atoms with Crippen LogP contribution in [0.5, 0.6) is 0 Å². The Labute approximate surface area is 192 Å². The van der Waals surface area contributed by atoms with Crippen LogP contribution in [-0.4, -0.2) is 43.7 Å². The minimum absolute atomic E-state index is 0.330. The summed E-state index contributed by atoms with van der Waals surface area (Å²) in [5, 5.41) is 3.19. The number of imidazole rings is 1. The Morgan fingerprint density at radius 2 is 1.97 bits per heavy atom. The first-order valence-corrected chi connectivity index (χ1v) is 10.8. The fourth-order valence-electron chi connectivity index (χ4n) is 2.32. The number of carbonyl (C=O) groups is 1. The highest BCUT2D eigenvalue weighted by Gasteiger charge is 2.10. The molecule has 0 saturated heterocycles. The van der Waals surface area contributed by atoms with E-state index < -0.39 is 0 Å². The van der Waals surface area contributed by atoms with Crippen molar-refractivity contribution in [3.05, 3.63) is 57.9 Å². The first-order valence-electron chi connectivity index (χ1n) is 8.77. The molecule has 0 saturated carbocycles. The molecule has 2 aromatic carbocycles. The van der Waals surface area contributed by atoms with Gasteiger partial charge in [0.15, 0.2) is 0 Å². The van der Waals surface area contributed by atoms with E-state index in [1.54, 1.807) is 32.5 Å². The second-order valence-corrected chi connectivity index (χ2v) is 8.09. The lowest BCUT2D eigenvalue weighted by Gasteiger charge is -2.07. The van der Waals surface area contributed by atoms with Gasteiger partial charge in [-0.25, -0.2) is 9.37 Å². The fourth-order valence-corrected chi connectivity index (χ4v) is 3.51. The van der Waals surface area contributed by atoms with E-state index in [1.807, 2.05) is 18.2 Å². The molecular formula is C20H21BrClFN4O2S. The number of nitrogens with zero attached hydrogens (tertiary/aromatic N) is 1. The highest BCUT2D eigenvalue weighted by Crippen LogP contribution is 2.31. The third-order valence-electron chi connectivity index (χ3n) is 3.65. The third-order valence-corrected chi connectivity index (χ3v) is 5.64. The summed E-state index contributed by atoms with van der Waals surface area (Å²) in [6, 6.07) is 10.5.